The number of amides is 1. The Morgan fingerprint density at radius 3 is 2.50 bits per heavy atom. The maximum absolute atomic E-state index is 12.2. The molecule has 1 amide bonds. The number of hydrogen-bond acceptors (Lipinski definition) is 6. The Bertz CT molecular complexity index is 670. The largest absolute Gasteiger partial charge is 0.352 e. The fourth-order valence-corrected chi connectivity index (χ4v) is 2.99. The van der Waals surface area contributed by atoms with Crippen LogP contribution < -0.4 is 10.2 Å². The van der Waals surface area contributed by atoms with E-state index in [4.69, 9.17) is 0 Å². The topological polar surface area (TPSA) is 85.2 Å². The number of aromatic nitrogens is 2. The Hall–Kier alpha value is -2.20. The van der Waals surface area contributed by atoms with Gasteiger partial charge in [0.05, 0.1) is 11.7 Å². The summed E-state index contributed by atoms with van der Waals surface area (Å²) in [7, 11) is 0. The second-order valence-electron chi connectivity index (χ2n) is 6.70. The summed E-state index contributed by atoms with van der Waals surface area (Å²) in [5.74, 6) is 0.782. The number of nitriles is 1. The second-order valence-corrected chi connectivity index (χ2v) is 6.70. The summed E-state index contributed by atoms with van der Waals surface area (Å²) in [5.41, 5.74) is 2.29. The van der Waals surface area contributed by atoms with Gasteiger partial charge >= 0.3 is 0 Å². The van der Waals surface area contributed by atoms with Crippen molar-refractivity contribution in [1.82, 2.24) is 20.4 Å². The molecular weight excluding hydrogens is 304 g/mol. The molecule has 24 heavy (non-hydrogen) atoms. The first kappa shape index (κ1) is 16.7. The first-order chi connectivity index (χ1) is 11.5. The van der Waals surface area contributed by atoms with Crippen molar-refractivity contribution >= 4 is 11.7 Å². The Morgan fingerprint density at radius 1 is 1.25 bits per heavy atom. The lowest BCUT2D eigenvalue weighted by Gasteiger charge is -2.38. The van der Waals surface area contributed by atoms with Crippen LogP contribution in [-0.4, -0.2) is 59.3 Å². The zero-order valence-corrected chi connectivity index (χ0v) is 14.5. The SMILES string of the molecule is Cc1nnc(N2CCN([C@H](C)C(=O)NC3CC3)CC2)c(C#N)c1C. The Kier molecular flexibility index (Phi) is 4.67. The third-order valence-corrected chi connectivity index (χ3v) is 5.01. The molecule has 2 fully saturated rings. The molecule has 0 bridgehead atoms. The van der Waals surface area contributed by atoms with Gasteiger partial charge in [0.1, 0.15) is 11.6 Å². The average Bonchev–Trinajstić information content (AvgIpc) is 3.40. The van der Waals surface area contributed by atoms with Gasteiger partial charge in [-0.1, -0.05) is 0 Å². The molecule has 128 valence electrons. The molecule has 1 N–H and O–H groups in total. The molecule has 1 aromatic rings. The van der Waals surface area contributed by atoms with Crippen molar-refractivity contribution in [1.29, 1.82) is 5.26 Å². The normalized spacial score (nSPS) is 19.7. The molecule has 3 rings (SSSR count). The van der Waals surface area contributed by atoms with Crippen molar-refractivity contribution in [3.63, 3.8) is 0 Å². The highest BCUT2D eigenvalue weighted by atomic mass is 16.2. The van der Waals surface area contributed by atoms with E-state index in [1.807, 2.05) is 20.8 Å². The maximum Gasteiger partial charge on any atom is 0.237 e. The van der Waals surface area contributed by atoms with Gasteiger partial charge in [-0.3, -0.25) is 9.69 Å². The van der Waals surface area contributed by atoms with Gasteiger partial charge in [0, 0.05) is 32.2 Å². The fourth-order valence-electron chi connectivity index (χ4n) is 2.99. The van der Waals surface area contributed by atoms with Gasteiger partial charge in [-0.15, -0.1) is 5.10 Å². The zero-order chi connectivity index (χ0) is 17.3. The molecule has 1 saturated heterocycles. The van der Waals surface area contributed by atoms with Crippen molar-refractivity contribution in [2.75, 3.05) is 31.1 Å². The van der Waals surface area contributed by atoms with Crippen LogP contribution in [-0.2, 0) is 4.79 Å². The van der Waals surface area contributed by atoms with Gasteiger partial charge in [0.25, 0.3) is 0 Å². The van der Waals surface area contributed by atoms with Crippen LogP contribution in [0.25, 0.3) is 0 Å². The van der Waals surface area contributed by atoms with Crippen molar-refractivity contribution in [2.24, 2.45) is 0 Å². The van der Waals surface area contributed by atoms with Gasteiger partial charge in [0.15, 0.2) is 5.82 Å². The van der Waals surface area contributed by atoms with E-state index in [1.165, 1.54) is 0 Å². The van der Waals surface area contributed by atoms with E-state index in [0.29, 0.717) is 17.4 Å². The number of carbonyl (C=O) groups is 1. The summed E-state index contributed by atoms with van der Waals surface area (Å²) in [6.07, 6.45) is 2.21. The van der Waals surface area contributed by atoms with Crippen LogP contribution in [0, 0.1) is 25.2 Å². The summed E-state index contributed by atoms with van der Waals surface area (Å²) in [6, 6.07) is 2.54. The summed E-state index contributed by atoms with van der Waals surface area (Å²) in [4.78, 5) is 16.5. The minimum absolute atomic E-state index is 0.117. The standard InChI is InChI=1S/C17H24N6O/c1-11-12(2)20-21-16(15(11)10-18)23-8-6-22(7-9-23)13(3)17(24)19-14-4-5-14/h13-14H,4-9H2,1-3H3,(H,19,24)/t13-/m1/s1. The molecule has 0 unspecified atom stereocenters. The van der Waals surface area contributed by atoms with Crippen molar-refractivity contribution in [2.45, 2.75) is 45.7 Å². The molecule has 1 atom stereocenters. The third-order valence-electron chi connectivity index (χ3n) is 5.01. The van der Waals surface area contributed by atoms with Crippen molar-refractivity contribution in [3.8, 4) is 6.07 Å². The lowest BCUT2D eigenvalue weighted by molar-refractivity contribution is -0.126. The van der Waals surface area contributed by atoms with E-state index in [9.17, 15) is 10.1 Å². The lowest BCUT2D eigenvalue weighted by atomic mass is 10.1. The Morgan fingerprint density at radius 2 is 1.92 bits per heavy atom. The zero-order valence-electron chi connectivity index (χ0n) is 14.5. The lowest BCUT2D eigenvalue weighted by Crippen LogP contribution is -2.54. The summed E-state index contributed by atoms with van der Waals surface area (Å²) >= 11 is 0. The molecule has 1 aliphatic heterocycles. The smallest absolute Gasteiger partial charge is 0.237 e. The van der Waals surface area contributed by atoms with Gasteiger partial charge < -0.3 is 10.2 Å². The second kappa shape index (κ2) is 6.73. The molecule has 2 heterocycles. The summed E-state index contributed by atoms with van der Waals surface area (Å²) in [5, 5.41) is 20.9. The predicted molar refractivity (Wildman–Crippen MR) is 90.6 cm³/mol. The summed E-state index contributed by atoms with van der Waals surface area (Å²) in [6.45, 7) is 8.78. The monoisotopic (exact) mass is 328 g/mol. The third kappa shape index (κ3) is 3.34. The maximum atomic E-state index is 12.2. The molecule has 0 spiro atoms. The molecule has 1 aliphatic carbocycles. The highest BCUT2D eigenvalue weighted by Crippen LogP contribution is 2.23. The van der Waals surface area contributed by atoms with Gasteiger partial charge in [-0.2, -0.15) is 10.4 Å². The van der Waals surface area contributed by atoms with E-state index in [2.05, 4.69) is 31.4 Å². The first-order valence-electron chi connectivity index (χ1n) is 8.54. The number of nitrogens with one attached hydrogen (secondary N) is 1. The fraction of sp³-hybridized carbons (Fsp3) is 0.647. The number of aryl methyl sites for hydroxylation is 1. The molecule has 2 aliphatic rings. The van der Waals surface area contributed by atoms with Crippen LogP contribution in [0.2, 0.25) is 0 Å². The van der Waals surface area contributed by atoms with E-state index >= 15 is 0 Å². The van der Waals surface area contributed by atoms with Gasteiger partial charge in [-0.05, 0) is 39.2 Å². The van der Waals surface area contributed by atoms with E-state index in [1.54, 1.807) is 0 Å². The number of hydrogen-bond donors (Lipinski definition) is 1. The van der Waals surface area contributed by atoms with E-state index in [-0.39, 0.29) is 11.9 Å². The number of piperazine rings is 1. The van der Waals surface area contributed by atoms with Crippen molar-refractivity contribution in [3.05, 3.63) is 16.8 Å². The van der Waals surface area contributed by atoms with E-state index in [0.717, 1.165) is 50.3 Å². The highest BCUT2D eigenvalue weighted by Gasteiger charge is 2.30. The molecule has 1 saturated carbocycles. The Labute approximate surface area is 142 Å². The van der Waals surface area contributed by atoms with Crippen LogP contribution in [0.15, 0.2) is 0 Å². The number of carbonyl (C=O) groups excluding carboxylic acids is 1. The minimum Gasteiger partial charge on any atom is -0.352 e. The summed E-state index contributed by atoms with van der Waals surface area (Å²) < 4.78 is 0. The quantitative estimate of drug-likeness (QED) is 0.878. The van der Waals surface area contributed by atoms with Gasteiger partial charge in [-0.25, -0.2) is 0 Å². The predicted octanol–water partition coefficient (Wildman–Crippen LogP) is 0.754. The van der Waals surface area contributed by atoms with Crippen LogP contribution >= 0.6 is 0 Å². The van der Waals surface area contributed by atoms with Crippen LogP contribution in [0.1, 0.15) is 36.6 Å². The highest BCUT2D eigenvalue weighted by molar-refractivity contribution is 5.81. The van der Waals surface area contributed by atoms with Crippen LogP contribution in [0.4, 0.5) is 5.82 Å². The number of anilines is 1. The minimum atomic E-state index is -0.117. The van der Waals surface area contributed by atoms with Crippen molar-refractivity contribution < 1.29 is 4.79 Å². The van der Waals surface area contributed by atoms with Crippen LogP contribution in [0.3, 0.4) is 0 Å². The Balaban J connectivity index is 1.64. The first-order valence-corrected chi connectivity index (χ1v) is 8.54. The molecule has 0 aromatic carbocycles. The molecule has 0 radical (unpaired) electrons. The molecule has 7 heteroatoms. The molecule has 1 aromatic heterocycles. The number of nitrogens with zero attached hydrogens (tertiary/aromatic N) is 5. The van der Waals surface area contributed by atoms with Gasteiger partial charge in [0.2, 0.25) is 5.91 Å². The molecule has 7 nitrogen and oxygen atoms in total. The average molecular weight is 328 g/mol. The van der Waals surface area contributed by atoms with E-state index < -0.39 is 0 Å². The molecular formula is C17H24N6O. The number of rotatable bonds is 4. The van der Waals surface area contributed by atoms with Crippen LogP contribution in [0.5, 0.6) is 0 Å².